The Morgan fingerprint density at radius 1 is 1.50 bits per heavy atom. The molecule has 1 nitrogen and oxygen atoms in total. The van der Waals surface area contributed by atoms with E-state index in [1.165, 1.54) is 0 Å². The van der Waals surface area contributed by atoms with Gasteiger partial charge >= 0.3 is 0 Å². The Balaban J connectivity index is 2.35. The minimum Gasteiger partial charge on any atom is -0.393 e. The average Bonchev–Trinajstić information content (AvgIpc) is 2.14. The fraction of sp³-hybridized carbons (Fsp3) is 0.714. The van der Waals surface area contributed by atoms with Gasteiger partial charge in [-0.15, -0.1) is 0 Å². The average molecular weight is 109 g/mol. The molecule has 0 aliphatic heterocycles. The smallest absolute Gasteiger partial charge is 0.0552 e. The van der Waals surface area contributed by atoms with Gasteiger partial charge in [0.05, 0.1) is 6.10 Å². The van der Waals surface area contributed by atoms with E-state index in [1.807, 2.05) is 0 Å². The van der Waals surface area contributed by atoms with Crippen molar-refractivity contribution >= 4 is 0 Å². The third-order valence-corrected chi connectivity index (χ3v) is 1.61. The summed E-state index contributed by atoms with van der Waals surface area (Å²) < 4.78 is 0. The topological polar surface area (TPSA) is 20.2 Å². The van der Waals surface area contributed by atoms with Crippen molar-refractivity contribution in [1.82, 2.24) is 0 Å². The zero-order valence-corrected chi connectivity index (χ0v) is 4.72. The second kappa shape index (κ2) is 2.19. The van der Waals surface area contributed by atoms with Crippen molar-refractivity contribution in [2.75, 3.05) is 0 Å². The Labute approximate surface area is 49.7 Å². The minimum absolute atomic E-state index is 0.155. The van der Waals surface area contributed by atoms with E-state index in [-0.39, 0.29) is 12.0 Å². The lowest BCUT2D eigenvalue weighted by molar-refractivity contribution is 0.180. The molecule has 43 valence electrons. The molecule has 0 amide bonds. The lowest BCUT2D eigenvalue weighted by atomic mass is 10.1. The highest BCUT2D eigenvalue weighted by molar-refractivity contribution is 4.92. The van der Waals surface area contributed by atoms with Gasteiger partial charge in [0.25, 0.3) is 0 Å². The van der Waals surface area contributed by atoms with Gasteiger partial charge in [0.1, 0.15) is 0 Å². The quantitative estimate of drug-likeness (QED) is 0.455. The number of hydrogen-bond acceptors (Lipinski definition) is 1. The molecule has 1 saturated carbocycles. The molecule has 0 aromatic rings. The van der Waals surface area contributed by atoms with E-state index in [0.717, 1.165) is 19.3 Å². The van der Waals surface area contributed by atoms with Gasteiger partial charge in [-0.05, 0) is 25.7 Å². The Kier molecular flexibility index (Phi) is 1.55. The maximum atomic E-state index is 8.91. The Hall–Kier alpha value is -0.480. The van der Waals surface area contributed by atoms with Crippen LogP contribution in [0.15, 0.2) is 0 Å². The highest BCUT2D eigenvalue weighted by Gasteiger charge is 2.20. The summed E-state index contributed by atoms with van der Waals surface area (Å²) in [6.07, 6.45) is 9.13. The van der Waals surface area contributed by atoms with E-state index in [1.54, 1.807) is 0 Å². The standard InChI is InChI=1S/C7H9O/c1-2-6-3-4-7(8)5-6/h6-8H,3-5H2. The van der Waals surface area contributed by atoms with Gasteiger partial charge in [-0.2, -0.15) is 0 Å². The second-order valence-electron chi connectivity index (χ2n) is 2.31. The molecule has 0 saturated heterocycles. The van der Waals surface area contributed by atoms with E-state index in [9.17, 15) is 0 Å². The molecule has 0 heterocycles. The van der Waals surface area contributed by atoms with E-state index >= 15 is 0 Å². The van der Waals surface area contributed by atoms with Crippen molar-refractivity contribution < 1.29 is 5.11 Å². The molecule has 0 aromatic heterocycles. The summed E-state index contributed by atoms with van der Waals surface area (Å²) in [5.41, 5.74) is 0. The molecule has 0 bridgehead atoms. The van der Waals surface area contributed by atoms with Gasteiger partial charge in [-0.1, -0.05) is 5.92 Å². The van der Waals surface area contributed by atoms with Crippen LogP contribution in [0.25, 0.3) is 0 Å². The first-order valence-electron chi connectivity index (χ1n) is 2.93. The molecule has 1 aliphatic rings. The first-order chi connectivity index (χ1) is 3.83. The summed E-state index contributed by atoms with van der Waals surface area (Å²) in [6.45, 7) is 0. The maximum absolute atomic E-state index is 8.91. The first-order valence-corrected chi connectivity index (χ1v) is 2.93. The normalized spacial score (nSPS) is 37.0. The second-order valence-corrected chi connectivity index (χ2v) is 2.31. The van der Waals surface area contributed by atoms with Crippen molar-refractivity contribution in [2.24, 2.45) is 5.92 Å². The number of aliphatic hydroxyl groups is 1. The summed E-state index contributed by atoms with van der Waals surface area (Å²) in [4.78, 5) is 0. The van der Waals surface area contributed by atoms with Crippen LogP contribution in [0, 0.1) is 18.3 Å². The summed E-state index contributed by atoms with van der Waals surface area (Å²) >= 11 is 0. The molecule has 1 heteroatoms. The summed E-state index contributed by atoms with van der Waals surface area (Å²) in [5.74, 6) is 2.63. The fourth-order valence-electron chi connectivity index (χ4n) is 1.09. The van der Waals surface area contributed by atoms with Crippen LogP contribution in [0.2, 0.25) is 0 Å². The summed E-state index contributed by atoms with van der Waals surface area (Å²) in [6, 6.07) is 0. The SMILES string of the molecule is [C]#CC1CCC(O)C1. The number of aliphatic hydroxyl groups excluding tert-OH is 1. The molecule has 1 rings (SSSR count). The van der Waals surface area contributed by atoms with Gasteiger partial charge in [-0.25, -0.2) is 0 Å². The fourth-order valence-corrected chi connectivity index (χ4v) is 1.09. The van der Waals surface area contributed by atoms with Crippen LogP contribution in [-0.2, 0) is 0 Å². The molecule has 1 aliphatic carbocycles. The Morgan fingerprint density at radius 3 is 2.50 bits per heavy atom. The van der Waals surface area contributed by atoms with Gasteiger partial charge in [0.15, 0.2) is 0 Å². The lowest BCUT2D eigenvalue weighted by Crippen LogP contribution is -1.97. The molecule has 1 radical (unpaired) electrons. The Bertz CT molecular complexity index is 112. The molecular weight excluding hydrogens is 100 g/mol. The van der Waals surface area contributed by atoms with Crippen LogP contribution in [-0.4, -0.2) is 11.2 Å². The van der Waals surface area contributed by atoms with Crippen molar-refractivity contribution in [3.8, 4) is 5.92 Å². The molecule has 2 atom stereocenters. The van der Waals surface area contributed by atoms with Crippen LogP contribution in [0.1, 0.15) is 19.3 Å². The summed E-state index contributed by atoms with van der Waals surface area (Å²) in [7, 11) is 0. The molecule has 0 spiro atoms. The van der Waals surface area contributed by atoms with Crippen LogP contribution < -0.4 is 0 Å². The van der Waals surface area contributed by atoms with Crippen molar-refractivity contribution in [1.29, 1.82) is 0 Å². The summed E-state index contributed by atoms with van der Waals surface area (Å²) in [5, 5.41) is 8.91. The molecule has 8 heavy (non-hydrogen) atoms. The van der Waals surface area contributed by atoms with Crippen LogP contribution in [0.3, 0.4) is 0 Å². The molecule has 0 aromatic carbocycles. The zero-order chi connectivity index (χ0) is 5.98. The molecule has 1 N–H and O–H groups in total. The van der Waals surface area contributed by atoms with Gasteiger partial charge < -0.3 is 5.11 Å². The molecular formula is C7H9O. The first kappa shape index (κ1) is 5.65. The lowest BCUT2D eigenvalue weighted by Gasteiger charge is -1.95. The van der Waals surface area contributed by atoms with Crippen molar-refractivity contribution in [3.63, 3.8) is 0 Å². The molecule has 2 unspecified atom stereocenters. The minimum atomic E-state index is -0.155. The molecule has 1 fully saturated rings. The van der Waals surface area contributed by atoms with Crippen molar-refractivity contribution in [2.45, 2.75) is 25.4 Å². The number of hydrogen-bond donors (Lipinski definition) is 1. The highest BCUT2D eigenvalue weighted by atomic mass is 16.3. The highest BCUT2D eigenvalue weighted by Crippen LogP contribution is 2.23. The maximum Gasteiger partial charge on any atom is 0.0552 e. The third-order valence-electron chi connectivity index (χ3n) is 1.61. The van der Waals surface area contributed by atoms with Gasteiger partial charge in [-0.3, -0.25) is 0 Å². The number of rotatable bonds is 0. The van der Waals surface area contributed by atoms with E-state index in [0.29, 0.717) is 0 Å². The van der Waals surface area contributed by atoms with Crippen molar-refractivity contribution in [3.05, 3.63) is 6.42 Å². The Morgan fingerprint density at radius 2 is 2.25 bits per heavy atom. The predicted octanol–water partition coefficient (Wildman–Crippen LogP) is 0.737. The third kappa shape index (κ3) is 1.02. The van der Waals surface area contributed by atoms with E-state index < -0.39 is 0 Å². The van der Waals surface area contributed by atoms with Crippen LogP contribution in [0.4, 0.5) is 0 Å². The van der Waals surface area contributed by atoms with Crippen LogP contribution >= 0.6 is 0 Å². The van der Waals surface area contributed by atoms with Crippen LogP contribution in [0.5, 0.6) is 0 Å². The van der Waals surface area contributed by atoms with Gasteiger partial charge in [0, 0.05) is 5.92 Å². The van der Waals surface area contributed by atoms with Gasteiger partial charge in [0.2, 0.25) is 0 Å². The van der Waals surface area contributed by atoms with E-state index in [2.05, 4.69) is 5.92 Å². The largest absolute Gasteiger partial charge is 0.393 e. The van der Waals surface area contributed by atoms with E-state index in [4.69, 9.17) is 11.5 Å². The predicted molar refractivity (Wildman–Crippen MR) is 30.5 cm³/mol. The zero-order valence-electron chi connectivity index (χ0n) is 4.72. The monoisotopic (exact) mass is 109 g/mol.